The van der Waals surface area contributed by atoms with Crippen molar-refractivity contribution in [2.24, 2.45) is 0 Å². The van der Waals surface area contributed by atoms with Crippen LogP contribution >= 0.6 is 0 Å². The quantitative estimate of drug-likeness (QED) is 0.771. The average Bonchev–Trinajstić information content (AvgIpc) is 3.32. The molecule has 3 heterocycles. The van der Waals surface area contributed by atoms with Crippen LogP contribution in [0.3, 0.4) is 0 Å². The molecule has 1 aromatic heterocycles. The van der Waals surface area contributed by atoms with E-state index in [-0.39, 0.29) is 0 Å². The molecule has 0 saturated heterocycles. The number of ether oxygens (including phenoxy) is 3. The summed E-state index contributed by atoms with van der Waals surface area (Å²) in [5.41, 5.74) is 4.46. The molecule has 5 rings (SSSR count). The third-order valence-corrected chi connectivity index (χ3v) is 5.05. The van der Waals surface area contributed by atoms with Gasteiger partial charge in [-0.1, -0.05) is 18.2 Å². The van der Waals surface area contributed by atoms with Crippen molar-refractivity contribution in [3.63, 3.8) is 0 Å². The summed E-state index contributed by atoms with van der Waals surface area (Å²) in [6, 6.07) is 14.1. The van der Waals surface area contributed by atoms with Gasteiger partial charge in [0, 0.05) is 30.2 Å². The molecule has 6 heteroatoms. The van der Waals surface area contributed by atoms with Crippen molar-refractivity contribution in [3.8, 4) is 22.9 Å². The number of nitrogens with zero attached hydrogens (tertiary/aromatic N) is 2. The Morgan fingerprint density at radius 2 is 1.96 bits per heavy atom. The first-order chi connectivity index (χ1) is 13.3. The highest BCUT2D eigenvalue weighted by molar-refractivity contribution is 5.60. The monoisotopic (exact) mass is 363 g/mol. The van der Waals surface area contributed by atoms with Crippen LogP contribution in [0.2, 0.25) is 0 Å². The lowest BCUT2D eigenvalue weighted by Gasteiger charge is -2.19. The van der Waals surface area contributed by atoms with Gasteiger partial charge in [0.2, 0.25) is 0 Å². The fraction of sp³-hybridized carbons (Fsp3) is 0.286. The van der Waals surface area contributed by atoms with Gasteiger partial charge in [0.1, 0.15) is 24.8 Å². The smallest absolute Gasteiger partial charge is 0.163 e. The van der Waals surface area contributed by atoms with Crippen molar-refractivity contribution in [1.29, 1.82) is 0 Å². The zero-order valence-corrected chi connectivity index (χ0v) is 15.2. The highest BCUT2D eigenvalue weighted by Gasteiger charge is 2.24. The number of methoxy groups -OCH3 is 1. The standard InChI is InChI=1S/C21H21N3O3/c1-25-18-5-3-2-4-14(18)12-17-16-8-9-22-21(16)24(23-17)15-6-7-19-20(13-15)27-11-10-26-19/h2-7,13,22H,8-12H2,1H3. The van der Waals surface area contributed by atoms with E-state index in [1.54, 1.807) is 7.11 Å². The van der Waals surface area contributed by atoms with Gasteiger partial charge in [0.05, 0.1) is 18.5 Å². The van der Waals surface area contributed by atoms with Gasteiger partial charge in [-0.25, -0.2) is 4.68 Å². The van der Waals surface area contributed by atoms with Crippen molar-refractivity contribution in [3.05, 3.63) is 59.3 Å². The van der Waals surface area contributed by atoms with Gasteiger partial charge in [-0.3, -0.25) is 0 Å². The van der Waals surface area contributed by atoms with Crippen molar-refractivity contribution < 1.29 is 14.2 Å². The summed E-state index contributed by atoms with van der Waals surface area (Å²) in [7, 11) is 1.71. The van der Waals surface area contributed by atoms with Crippen LogP contribution in [0.4, 0.5) is 5.82 Å². The van der Waals surface area contributed by atoms with Crippen molar-refractivity contribution >= 4 is 5.82 Å². The van der Waals surface area contributed by atoms with E-state index in [9.17, 15) is 0 Å². The molecular formula is C21H21N3O3. The van der Waals surface area contributed by atoms with Gasteiger partial charge in [-0.2, -0.15) is 5.10 Å². The van der Waals surface area contributed by atoms with E-state index in [0.717, 1.165) is 59.4 Å². The maximum absolute atomic E-state index is 5.73. The van der Waals surface area contributed by atoms with Crippen LogP contribution in [0, 0.1) is 0 Å². The second-order valence-corrected chi connectivity index (χ2v) is 6.68. The van der Waals surface area contributed by atoms with Crippen molar-refractivity contribution in [2.75, 3.05) is 32.2 Å². The molecule has 2 aliphatic rings. The second kappa shape index (κ2) is 6.54. The Hall–Kier alpha value is -3.15. The normalized spacial score (nSPS) is 14.6. The van der Waals surface area contributed by atoms with E-state index in [1.807, 2.05) is 41.1 Å². The average molecular weight is 363 g/mol. The number of fused-ring (bicyclic) bond motifs is 2. The molecule has 0 bridgehead atoms. The highest BCUT2D eigenvalue weighted by Crippen LogP contribution is 2.36. The molecule has 3 aromatic rings. The summed E-state index contributed by atoms with van der Waals surface area (Å²) in [6.45, 7) is 2.09. The predicted octanol–water partition coefficient (Wildman–Crippen LogP) is 3.21. The van der Waals surface area contributed by atoms with Crippen LogP contribution < -0.4 is 19.5 Å². The summed E-state index contributed by atoms with van der Waals surface area (Å²) in [5.74, 6) is 3.52. The van der Waals surface area contributed by atoms with E-state index in [2.05, 4.69) is 11.4 Å². The molecular weight excluding hydrogens is 342 g/mol. The summed E-state index contributed by atoms with van der Waals surface area (Å²) < 4.78 is 18.9. The minimum atomic E-state index is 0.574. The maximum Gasteiger partial charge on any atom is 0.163 e. The van der Waals surface area contributed by atoms with E-state index in [1.165, 1.54) is 5.56 Å². The first-order valence-electron chi connectivity index (χ1n) is 9.20. The lowest BCUT2D eigenvalue weighted by atomic mass is 10.0. The van der Waals surface area contributed by atoms with Crippen molar-refractivity contribution in [2.45, 2.75) is 12.8 Å². The van der Waals surface area contributed by atoms with Gasteiger partial charge >= 0.3 is 0 Å². The van der Waals surface area contributed by atoms with Crippen LogP contribution in [0.15, 0.2) is 42.5 Å². The molecule has 6 nitrogen and oxygen atoms in total. The zero-order valence-electron chi connectivity index (χ0n) is 15.2. The molecule has 0 saturated carbocycles. The summed E-state index contributed by atoms with van der Waals surface area (Å²) in [4.78, 5) is 0. The van der Waals surface area contributed by atoms with Crippen molar-refractivity contribution in [1.82, 2.24) is 9.78 Å². The van der Waals surface area contributed by atoms with Gasteiger partial charge in [0.15, 0.2) is 11.5 Å². The molecule has 0 spiro atoms. The molecule has 27 heavy (non-hydrogen) atoms. The first-order valence-corrected chi connectivity index (χ1v) is 9.20. The van der Waals surface area contributed by atoms with Crippen LogP contribution in [-0.4, -0.2) is 36.6 Å². The Balaban J connectivity index is 1.54. The van der Waals surface area contributed by atoms with E-state index >= 15 is 0 Å². The predicted molar refractivity (Wildman–Crippen MR) is 103 cm³/mol. The van der Waals surface area contributed by atoms with E-state index in [0.29, 0.717) is 13.2 Å². The summed E-state index contributed by atoms with van der Waals surface area (Å²) in [6.07, 6.45) is 1.72. The van der Waals surface area contributed by atoms with Crippen LogP contribution in [0.5, 0.6) is 17.2 Å². The number of benzene rings is 2. The maximum atomic E-state index is 5.73. The molecule has 0 radical (unpaired) electrons. The molecule has 0 amide bonds. The number of hydrogen-bond acceptors (Lipinski definition) is 5. The number of nitrogens with one attached hydrogen (secondary N) is 1. The Kier molecular flexibility index (Phi) is 3.89. The van der Waals surface area contributed by atoms with Crippen LogP contribution in [0.25, 0.3) is 5.69 Å². The largest absolute Gasteiger partial charge is 0.496 e. The number of anilines is 1. The summed E-state index contributed by atoms with van der Waals surface area (Å²) in [5, 5.41) is 8.40. The number of hydrogen-bond donors (Lipinski definition) is 1. The zero-order chi connectivity index (χ0) is 18.2. The Morgan fingerprint density at radius 1 is 1.11 bits per heavy atom. The molecule has 0 fully saturated rings. The molecule has 0 aliphatic carbocycles. The van der Waals surface area contributed by atoms with Gasteiger partial charge in [-0.05, 0) is 24.6 Å². The molecule has 1 N–H and O–H groups in total. The third kappa shape index (κ3) is 2.77. The Morgan fingerprint density at radius 3 is 2.85 bits per heavy atom. The minimum absolute atomic E-state index is 0.574. The molecule has 2 aromatic carbocycles. The Bertz CT molecular complexity index is 996. The lowest BCUT2D eigenvalue weighted by molar-refractivity contribution is 0.171. The first kappa shape index (κ1) is 16.1. The van der Waals surface area contributed by atoms with Gasteiger partial charge < -0.3 is 19.5 Å². The number of aromatic nitrogens is 2. The third-order valence-electron chi connectivity index (χ3n) is 5.05. The highest BCUT2D eigenvalue weighted by atomic mass is 16.6. The molecule has 0 atom stereocenters. The minimum Gasteiger partial charge on any atom is -0.496 e. The molecule has 138 valence electrons. The van der Waals surface area contributed by atoms with Gasteiger partial charge in [-0.15, -0.1) is 0 Å². The number of rotatable bonds is 4. The summed E-state index contributed by atoms with van der Waals surface area (Å²) >= 11 is 0. The molecule has 0 unspecified atom stereocenters. The van der Waals surface area contributed by atoms with E-state index in [4.69, 9.17) is 19.3 Å². The number of para-hydroxylation sites is 1. The second-order valence-electron chi connectivity index (χ2n) is 6.68. The molecule has 2 aliphatic heterocycles. The fourth-order valence-electron chi connectivity index (χ4n) is 3.77. The lowest BCUT2D eigenvalue weighted by Crippen LogP contribution is -2.15. The van der Waals surface area contributed by atoms with Crippen LogP contribution in [0.1, 0.15) is 16.8 Å². The Labute approximate surface area is 157 Å². The fourth-order valence-corrected chi connectivity index (χ4v) is 3.77. The SMILES string of the molecule is COc1ccccc1Cc1nn(-c2ccc3c(c2)OCCO3)c2c1CCN2. The topological polar surface area (TPSA) is 57.5 Å². The van der Waals surface area contributed by atoms with Gasteiger partial charge in [0.25, 0.3) is 0 Å². The van der Waals surface area contributed by atoms with Crippen LogP contribution in [-0.2, 0) is 12.8 Å². The van der Waals surface area contributed by atoms with E-state index < -0.39 is 0 Å².